The molecule has 1 aliphatic carbocycles. The molecule has 0 saturated heterocycles. The van der Waals surface area contributed by atoms with Gasteiger partial charge in [0.1, 0.15) is 11.5 Å². The third-order valence-electron chi connectivity index (χ3n) is 2.88. The van der Waals surface area contributed by atoms with Gasteiger partial charge >= 0.3 is 0 Å². The quantitative estimate of drug-likeness (QED) is 0.729. The highest BCUT2D eigenvalue weighted by Crippen LogP contribution is 2.43. The van der Waals surface area contributed by atoms with Gasteiger partial charge in [0.15, 0.2) is 0 Å². The van der Waals surface area contributed by atoms with E-state index in [2.05, 4.69) is 0 Å². The Morgan fingerprint density at radius 2 is 2.25 bits per heavy atom. The fraction of sp³-hybridized carbons (Fsp3) is 0.600. The van der Waals surface area contributed by atoms with Gasteiger partial charge in [0.25, 0.3) is 0 Å². The summed E-state index contributed by atoms with van der Waals surface area (Å²) < 4.78 is 5.52. The molecule has 1 N–H and O–H groups in total. The van der Waals surface area contributed by atoms with Crippen molar-refractivity contribution >= 4 is 0 Å². The molecule has 1 fully saturated rings. The summed E-state index contributed by atoms with van der Waals surface area (Å²) in [6.45, 7) is 2.16. The Labute approximate surface area is 72.2 Å². The molecule has 1 aliphatic rings. The van der Waals surface area contributed by atoms with E-state index in [1.54, 1.807) is 0 Å². The van der Waals surface area contributed by atoms with Crippen molar-refractivity contribution in [3.8, 4) is 0 Å². The van der Waals surface area contributed by atoms with E-state index in [9.17, 15) is 5.11 Å². The van der Waals surface area contributed by atoms with Crippen LogP contribution in [-0.2, 0) is 5.41 Å². The second kappa shape index (κ2) is 2.63. The van der Waals surface area contributed by atoms with E-state index in [4.69, 9.17) is 4.42 Å². The van der Waals surface area contributed by atoms with Gasteiger partial charge in [0.05, 0.1) is 12.0 Å². The van der Waals surface area contributed by atoms with Crippen molar-refractivity contribution in [1.82, 2.24) is 0 Å². The Hall–Kier alpha value is -0.760. The number of hydrogen-bond acceptors (Lipinski definition) is 2. The predicted molar refractivity (Wildman–Crippen MR) is 46.1 cm³/mol. The van der Waals surface area contributed by atoms with Crippen LogP contribution >= 0.6 is 0 Å². The van der Waals surface area contributed by atoms with Crippen molar-refractivity contribution in [2.24, 2.45) is 0 Å². The summed E-state index contributed by atoms with van der Waals surface area (Å²) in [6, 6.07) is 3.95. The van der Waals surface area contributed by atoms with Crippen LogP contribution < -0.4 is 0 Å². The van der Waals surface area contributed by atoms with Gasteiger partial charge in [-0.15, -0.1) is 0 Å². The van der Waals surface area contributed by atoms with Gasteiger partial charge in [-0.3, -0.25) is 0 Å². The maximum atomic E-state index is 9.24. The maximum absolute atomic E-state index is 9.24. The van der Waals surface area contributed by atoms with Gasteiger partial charge < -0.3 is 9.52 Å². The van der Waals surface area contributed by atoms with Crippen LogP contribution in [0.15, 0.2) is 16.5 Å². The average molecular weight is 166 g/mol. The summed E-state index contributed by atoms with van der Waals surface area (Å²) in [5, 5.41) is 9.24. The molecule has 0 aromatic carbocycles. The molecule has 1 aromatic rings. The van der Waals surface area contributed by atoms with Crippen molar-refractivity contribution in [2.75, 3.05) is 6.61 Å². The molecule has 0 atom stereocenters. The highest BCUT2D eigenvalue weighted by Gasteiger charge is 2.40. The number of hydrogen-bond donors (Lipinski definition) is 1. The van der Waals surface area contributed by atoms with Crippen LogP contribution in [0.4, 0.5) is 0 Å². The standard InChI is InChI=1S/C10H14O2/c1-8-3-4-9(12-8)10(7-11)5-2-6-10/h3-4,11H,2,5-7H2,1H3. The monoisotopic (exact) mass is 166 g/mol. The zero-order valence-corrected chi connectivity index (χ0v) is 7.34. The summed E-state index contributed by atoms with van der Waals surface area (Å²) in [7, 11) is 0. The minimum atomic E-state index is -0.0335. The summed E-state index contributed by atoms with van der Waals surface area (Å²) in [4.78, 5) is 0. The number of aryl methyl sites for hydroxylation is 1. The van der Waals surface area contributed by atoms with E-state index in [0.29, 0.717) is 0 Å². The third kappa shape index (κ3) is 0.985. The van der Waals surface area contributed by atoms with Crippen molar-refractivity contribution in [3.05, 3.63) is 23.7 Å². The lowest BCUT2D eigenvalue weighted by Gasteiger charge is -2.38. The molecule has 12 heavy (non-hydrogen) atoms. The Kier molecular flexibility index (Phi) is 1.72. The smallest absolute Gasteiger partial charge is 0.112 e. The SMILES string of the molecule is Cc1ccc(C2(CO)CCC2)o1. The molecule has 0 bridgehead atoms. The number of furan rings is 1. The molecule has 66 valence electrons. The Morgan fingerprint density at radius 1 is 1.50 bits per heavy atom. The second-order valence-corrected chi connectivity index (χ2v) is 3.70. The van der Waals surface area contributed by atoms with E-state index < -0.39 is 0 Å². The zero-order valence-electron chi connectivity index (χ0n) is 7.34. The average Bonchev–Trinajstić information content (AvgIpc) is 2.35. The molecule has 2 heteroatoms. The van der Waals surface area contributed by atoms with Crippen LogP contribution in [-0.4, -0.2) is 11.7 Å². The van der Waals surface area contributed by atoms with Crippen LogP contribution in [0.5, 0.6) is 0 Å². The minimum Gasteiger partial charge on any atom is -0.466 e. The van der Waals surface area contributed by atoms with Gasteiger partial charge in [-0.25, -0.2) is 0 Å². The molecule has 0 unspecified atom stereocenters. The summed E-state index contributed by atoms with van der Waals surface area (Å²) in [5.41, 5.74) is -0.0335. The minimum absolute atomic E-state index is 0.0335. The van der Waals surface area contributed by atoms with E-state index >= 15 is 0 Å². The molecule has 0 radical (unpaired) electrons. The predicted octanol–water partition coefficient (Wildman–Crippen LogP) is 2.00. The normalized spacial score (nSPS) is 20.5. The zero-order chi connectivity index (χ0) is 8.60. The molecule has 2 nitrogen and oxygen atoms in total. The Bertz CT molecular complexity index is 266. The van der Waals surface area contributed by atoms with Gasteiger partial charge in [-0.1, -0.05) is 6.42 Å². The molecule has 0 aliphatic heterocycles. The molecule has 1 heterocycles. The maximum Gasteiger partial charge on any atom is 0.112 e. The Balaban J connectivity index is 2.27. The molecule has 0 amide bonds. The molecular weight excluding hydrogens is 152 g/mol. The topological polar surface area (TPSA) is 33.4 Å². The summed E-state index contributed by atoms with van der Waals surface area (Å²) in [6.07, 6.45) is 3.34. The summed E-state index contributed by atoms with van der Waals surface area (Å²) in [5.74, 6) is 1.90. The Morgan fingerprint density at radius 3 is 2.58 bits per heavy atom. The van der Waals surface area contributed by atoms with Crippen LogP contribution in [0.3, 0.4) is 0 Å². The van der Waals surface area contributed by atoms with Crippen LogP contribution in [0, 0.1) is 6.92 Å². The second-order valence-electron chi connectivity index (χ2n) is 3.70. The molecule has 0 spiro atoms. The highest BCUT2D eigenvalue weighted by atomic mass is 16.3. The molecular formula is C10H14O2. The lowest BCUT2D eigenvalue weighted by atomic mass is 9.68. The fourth-order valence-corrected chi connectivity index (χ4v) is 1.81. The van der Waals surface area contributed by atoms with E-state index in [1.165, 1.54) is 6.42 Å². The summed E-state index contributed by atoms with van der Waals surface area (Å²) >= 11 is 0. The van der Waals surface area contributed by atoms with Crippen molar-refractivity contribution in [3.63, 3.8) is 0 Å². The van der Waals surface area contributed by atoms with E-state index in [1.807, 2.05) is 19.1 Å². The number of rotatable bonds is 2. The van der Waals surface area contributed by atoms with Crippen LogP contribution in [0.2, 0.25) is 0 Å². The fourth-order valence-electron chi connectivity index (χ4n) is 1.81. The number of aliphatic hydroxyl groups is 1. The largest absolute Gasteiger partial charge is 0.466 e. The van der Waals surface area contributed by atoms with Crippen LogP contribution in [0.25, 0.3) is 0 Å². The van der Waals surface area contributed by atoms with Gasteiger partial charge in [0, 0.05) is 0 Å². The van der Waals surface area contributed by atoms with E-state index in [0.717, 1.165) is 24.4 Å². The number of aliphatic hydroxyl groups excluding tert-OH is 1. The lowest BCUT2D eigenvalue weighted by molar-refractivity contribution is 0.0977. The van der Waals surface area contributed by atoms with Gasteiger partial charge in [-0.2, -0.15) is 0 Å². The lowest BCUT2D eigenvalue weighted by Crippen LogP contribution is -2.37. The first kappa shape index (κ1) is 7.87. The van der Waals surface area contributed by atoms with Crippen molar-refractivity contribution in [2.45, 2.75) is 31.6 Å². The molecule has 1 saturated carbocycles. The first-order chi connectivity index (χ1) is 5.77. The third-order valence-corrected chi connectivity index (χ3v) is 2.88. The molecule has 1 aromatic heterocycles. The first-order valence-electron chi connectivity index (χ1n) is 4.45. The molecule has 2 rings (SSSR count). The van der Waals surface area contributed by atoms with Gasteiger partial charge in [-0.05, 0) is 31.9 Å². The van der Waals surface area contributed by atoms with Crippen LogP contribution in [0.1, 0.15) is 30.8 Å². The highest BCUT2D eigenvalue weighted by molar-refractivity contribution is 5.20. The van der Waals surface area contributed by atoms with Crippen molar-refractivity contribution in [1.29, 1.82) is 0 Å². The van der Waals surface area contributed by atoms with Crippen molar-refractivity contribution < 1.29 is 9.52 Å². The van der Waals surface area contributed by atoms with E-state index in [-0.39, 0.29) is 12.0 Å². The van der Waals surface area contributed by atoms with Gasteiger partial charge in [0.2, 0.25) is 0 Å². The first-order valence-corrected chi connectivity index (χ1v) is 4.45.